The van der Waals surface area contributed by atoms with Gasteiger partial charge in [-0.3, -0.25) is 9.59 Å². The highest BCUT2D eigenvalue weighted by atomic mass is 16.2. The Morgan fingerprint density at radius 3 is 1.34 bits per heavy atom. The summed E-state index contributed by atoms with van der Waals surface area (Å²) >= 11 is 0. The molecule has 0 aliphatic heterocycles. The molecule has 32 heavy (non-hydrogen) atoms. The standard InChI is InChI=1S/C24H32N6O2/c1-5-28(6-2)21-13-9-19(10-14-21)17-26-30(24(32)23(25)31)27-18-20-11-15-22(16-12-20)29(7-3)8-4/h9-18H,5-8H2,1-4H3,(H2,25,31). The van der Waals surface area contributed by atoms with Gasteiger partial charge in [0.1, 0.15) is 0 Å². The van der Waals surface area contributed by atoms with Gasteiger partial charge in [0.15, 0.2) is 0 Å². The monoisotopic (exact) mass is 436 g/mol. The fourth-order valence-corrected chi connectivity index (χ4v) is 3.20. The average Bonchev–Trinajstić information content (AvgIpc) is 2.82. The molecular formula is C24H32N6O2. The van der Waals surface area contributed by atoms with E-state index in [1.807, 2.05) is 48.5 Å². The van der Waals surface area contributed by atoms with Crippen molar-refractivity contribution in [1.29, 1.82) is 0 Å². The average molecular weight is 437 g/mol. The molecule has 170 valence electrons. The minimum absolute atomic E-state index is 0.707. The number of nitrogens with two attached hydrogens (primary N) is 1. The zero-order chi connectivity index (χ0) is 23.5. The fourth-order valence-electron chi connectivity index (χ4n) is 3.20. The number of rotatable bonds is 10. The van der Waals surface area contributed by atoms with Gasteiger partial charge in [0, 0.05) is 37.6 Å². The van der Waals surface area contributed by atoms with Crippen LogP contribution >= 0.6 is 0 Å². The van der Waals surface area contributed by atoms with Crippen LogP contribution in [-0.4, -0.2) is 55.5 Å². The number of nitrogens with zero attached hydrogens (tertiary/aromatic N) is 5. The van der Waals surface area contributed by atoms with Crippen LogP contribution in [0.4, 0.5) is 11.4 Å². The van der Waals surface area contributed by atoms with E-state index in [0.717, 1.165) is 48.7 Å². The van der Waals surface area contributed by atoms with Crippen molar-refractivity contribution in [2.24, 2.45) is 15.9 Å². The normalized spacial score (nSPS) is 11.1. The number of hydrazone groups is 2. The molecule has 0 saturated heterocycles. The maximum Gasteiger partial charge on any atom is 0.352 e. The van der Waals surface area contributed by atoms with Crippen LogP contribution in [0, 0.1) is 0 Å². The maximum absolute atomic E-state index is 12.1. The molecule has 0 aliphatic carbocycles. The van der Waals surface area contributed by atoms with E-state index >= 15 is 0 Å². The predicted molar refractivity (Wildman–Crippen MR) is 131 cm³/mol. The van der Waals surface area contributed by atoms with Crippen molar-refractivity contribution < 1.29 is 9.59 Å². The molecule has 2 amide bonds. The molecule has 2 aromatic rings. The molecule has 0 heterocycles. The largest absolute Gasteiger partial charge is 0.372 e. The summed E-state index contributed by atoms with van der Waals surface area (Å²) in [6.07, 6.45) is 2.93. The molecule has 2 rings (SSSR count). The SMILES string of the molecule is CCN(CC)c1ccc(C=NN(N=Cc2ccc(N(CC)CC)cc2)C(=O)C(N)=O)cc1. The number of anilines is 2. The molecule has 2 aromatic carbocycles. The van der Waals surface area contributed by atoms with Gasteiger partial charge >= 0.3 is 11.8 Å². The van der Waals surface area contributed by atoms with Crippen molar-refractivity contribution in [3.63, 3.8) is 0 Å². The van der Waals surface area contributed by atoms with Gasteiger partial charge in [0.05, 0.1) is 12.4 Å². The lowest BCUT2D eigenvalue weighted by atomic mass is 10.2. The summed E-state index contributed by atoms with van der Waals surface area (Å²) < 4.78 is 0. The summed E-state index contributed by atoms with van der Waals surface area (Å²) in [6.45, 7) is 12.0. The minimum Gasteiger partial charge on any atom is -0.372 e. The van der Waals surface area contributed by atoms with E-state index in [-0.39, 0.29) is 0 Å². The summed E-state index contributed by atoms with van der Waals surface area (Å²) in [7, 11) is 0. The molecule has 0 atom stereocenters. The Bertz CT molecular complexity index is 864. The first-order valence-electron chi connectivity index (χ1n) is 10.8. The topological polar surface area (TPSA) is 94.6 Å². The zero-order valence-corrected chi connectivity index (χ0v) is 19.2. The van der Waals surface area contributed by atoms with Gasteiger partial charge in [-0.1, -0.05) is 24.3 Å². The Labute approximate surface area is 190 Å². The van der Waals surface area contributed by atoms with Crippen molar-refractivity contribution in [1.82, 2.24) is 5.12 Å². The summed E-state index contributed by atoms with van der Waals surface area (Å²) in [5.74, 6) is -2.15. The number of carbonyl (C=O) groups excluding carboxylic acids is 2. The molecule has 0 bridgehead atoms. The van der Waals surface area contributed by atoms with E-state index in [1.54, 1.807) is 0 Å². The first-order chi connectivity index (χ1) is 15.4. The number of benzene rings is 2. The highest BCUT2D eigenvalue weighted by Gasteiger charge is 2.17. The quantitative estimate of drug-likeness (QED) is 0.352. The lowest BCUT2D eigenvalue weighted by Crippen LogP contribution is -2.34. The summed E-state index contributed by atoms with van der Waals surface area (Å²) in [5, 5.41) is 8.82. The second-order valence-corrected chi connectivity index (χ2v) is 6.98. The molecule has 0 radical (unpaired) electrons. The van der Waals surface area contributed by atoms with Gasteiger partial charge in [0.2, 0.25) is 0 Å². The Kier molecular flexibility index (Phi) is 9.41. The summed E-state index contributed by atoms with van der Waals surface area (Å²) in [4.78, 5) is 28.0. The molecule has 0 fully saturated rings. The van der Waals surface area contributed by atoms with Crippen LogP contribution in [0.3, 0.4) is 0 Å². The van der Waals surface area contributed by atoms with Crippen LogP contribution in [0.2, 0.25) is 0 Å². The van der Waals surface area contributed by atoms with E-state index in [2.05, 4.69) is 47.7 Å². The minimum atomic E-state index is -1.13. The van der Waals surface area contributed by atoms with Crippen LogP contribution in [0.25, 0.3) is 0 Å². The lowest BCUT2D eigenvalue weighted by molar-refractivity contribution is -0.144. The molecule has 0 unspecified atom stereocenters. The van der Waals surface area contributed by atoms with Gasteiger partial charge in [-0.25, -0.2) is 0 Å². The molecule has 0 saturated carbocycles. The molecule has 0 spiro atoms. The van der Waals surface area contributed by atoms with Gasteiger partial charge in [0.25, 0.3) is 0 Å². The highest BCUT2D eigenvalue weighted by molar-refractivity contribution is 6.34. The van der Waals surface area contributed by atoms with Gasteiger partial charge < -0.3 is 15.5 Å². The molecule has 2 N–H and O–H groups in total. The van der Waals surface area contributed by atoms with Crippen molar-refractivity contribution in [3.05, 3.63) is 59.7 Å². The second-order valence-electron chi connectivity index (χ2n) is 6.98. The second kappa shape index (κ2) is 12.2. The number of hydrogen-bond donors (Lipinski definition) is 1. The van der Waals surface area contributed by atoms with Crippen molar-refractivity contribution in [2.45, 2.75) is 27.7 Å². The lowest BCUT2D eigenvalue weighted by Gasteiger charge is -2.20. The first-order valence-corrected chi connectivity index (χ1v) is 10.8. The zero-order valence-electron chi connectivity index (χ0n) is 19.2. The molecule has 8 heteroatoms. The van der Waals surface area contributed by atoms with E-state index in [9.17, 15) is 9.59 Å². The van der Waals surface area contributed by atoms with E-state index in [1.165, 1.54) is 12.4 Å². The van der Waals surface area contributed by atoms with Crippen LogP contribution < -0.4 is 15.5 Å². The van der Waals surface area contributed by atoms with Crippen LogP contribution in [-0.2, 0) is 9.59 Å². The highest BCUT2D eigenvalue weighted by Crippen LogP contribution is 2.15. The fraction of sp³-hybridized carbons (Fsp3) is 0.333. The Morgan fingerprint density at radius 1 is 0.719 bits per heavy atom. The van der Waals surface area contributed by atoms with Crippen molar-refractivity contribution >= 4 is 35.6 Å². The van der Waals surface area contributed by atoms with Gasteiger partial charge in [-0.15, -0.1) is 5.12 Å². The summed E-state index contributed by atoms with van der Waals surface area (Å²) in [5.41, 5.74) is 8.89. The molecule has 0 aliphatic rings. The molecule has 8 nitrogen and oxygen atoms in total. The number of carbonyl (C=O) groups is 2. The number of hydrogen-bond acceptors (Lipinski definition) is 6. The first kappa shape index (κ1) is 24.6. The van der Waals surface area contributed by atoms with Crippen LogP contribution in [0.15, 0.2) is 58.7 Å². The molecule has 0 aromatic heterocycles. The third-order valence-corrected chi connectivity index (χ3v) is 5.07. The maximum atomic E-state index is 12.1. The van der Waals surface area contributed by atoms with Crippen LogP contribution in [0.1, 0.15) is 38.8 Å². The third-order valence-electron chi connectivity index (χ3n) is 5.07. The Morgan fingerprint density at radius 2 is 1.06 bits per heavy atom. The van der Waals surface area contributed by atoms with E-state index in [0.29, 0.717) is 5.12 Å². The molecular weight excluding hydrogens is 404 g/mol. The number of amides is 2. The van der Waals surface area contributed by atoms with Crippen molar-refractivity contribution in [3.8, 4) is 0 Å². The summed E-state index contributed by atoms with van der Waals surface area (Å²) in [6, 6.07) is 15.5. The van der Waals surface area contributed by atoms with Gasteiger partial charge in [-0.2, -0.15) is 10.2 Å². The van der Waals surface area contributed by atoms with E-state index in [4.69, 9.17) is 5.73 Å². The predicted octanol–water partition coefficient (Wildman–Crippen LogP) is 3.06. The van der Waals surface area contributed by atoms with E-state index < -0.39 is 11.8 Å². The Hall–Kier alpha value is -3.68. The Balaban J connectivity index is 2.18. The van der Waals surface area contributed by atoms with Gasteiger partial charge in [-0.05, 0) is 63.1 Å². The third kappa shape index (κ3) is 6.66. The smallest absolute Gasteiger partial charge is 0.352 e. The number of primary amides is 1. The van der Waals surface area contributed by atoms with Crippen molar-refractivity contribution in [2.75, 3.05) is 36.0 Å². The van der Waals surface area contributed by atoms with Crippen LogP contribution in [0.5, 0.6) is 0 Å².